The number of carbonyl (C=O) groups is 3. The number of carbonyl (C=O) groups excluding carboxylic acids is 3. The third kappa shape index (κ3) is 5.29. The lowest BCUT2D eigenvalue weighted by molar-refractivity contribution is -0.140. The van der Waals surface area contributed by atoms with E-state index in [1.807, 2.05) is 18.2 Å². The van der Waals surface area contributed by atoms with Crippen molar-refractivity contribution in [1.29, 1.82) is 0 Å². The van der Waals surface area contributed by atoms with Gasteiger partial charge in [-0.3, -0.25) is 4.79 Å². The van der Waals surface area contributed by atoms with Crippen molar-refractivity contribution in [3.63, 3.8) is 0 Å². The first kappa shape index (κ1) is 21.6. The number of ether oxygens (including phenoxy) is 3. The third-order valence-corrected chi connectivity index (χ3v) is 6.47. The van der Waals surface area contributed by atoms with Gasteiger partial charge in [-0.1, -0.05) is 0 Å². The third-order valence-electron chi connectivity index (χ3n) is 4.06. The molecule has 1 unspecified atom stereocenters. The maximum Gasteiger partial charge on any atom is 0.348 e. The molecule has 3 rings (SSSR count). The minimum Gasteiger partial charge on any atom is -0.465 e. The first-order valence-electron chi connectivity index (χ1n) is 9.03. The summed E-state index contributed by atoms with van der Waals surface area (Å²) in [6, 6.07) is 7.53. The summed E-state index contributed by atoms with van der Waals surface area (Å²) in [6.45, 7) is 4.05. The summed E-state index contributed by atoms with van der Waals surface area (Å²) in [5.41, 5.74) is 0. The van der Waals surface area contributed by atoms with E-state index in [-0.39, 0.29) is 24.4 Å². The summed E-state index contributed by atoms with van der Waals surface area (Å²) >= 11 is 6.54. The van der Waals surface area contributed by atoms with Crippen molar-refractivity contribution in [3.05, 3.63) is 34.0 Å². The Morgan fingerprint density at radius 2 is 1.55 bits per heavy atom. The Morgan fingerprint density at radius 3 is 2.10 bits per heavy atom. The van der Waals surface area contributed by atoms with Gasteiger partial charge in [-0.25, -0.2) is 9.59 Å². The second kappa shape index (κ2) is 9.60. The van der Waals surface area contributed by atoms with E-state index < -0.39 is 11.9 Å². The van der Waals surface area contributed by atoms with Crippen LogP contribution in [0, 0.1) is 0 Å². The van der Waals surface area contributed by atoms with Crippen LogP contribution in [-0.4, -0.2) is 43.0 Å². The van der Waals surface area contributed by atoms with Crippen LogP contribution < -0.4 is 0 Å². The molecular formula is C20H20O6S3. The molecule has 1 atom stereocenters. The van der Waals surface area contributed by atoms with Crippen molar-refractivity contribution < 1.29 is 28.6 Å². The van der Waals surface area contributed by atoms with Crippen LogP contribution in [-0.2, 0) is 19.0 Å². The minimum absolute atomic E-state index is 0.0225. The van der Waals surface area contributed by atoms with Crippen molar-refractivity contribution >= 4 is 73.4 Å². The Bertz CT molecular complexity index is 1000. The summed E-state index contributed by atoms with van der Waals surface area (Å²) in [5, 5.41) is 1.86. The quantitative estimate of drug-likeness (QED) is 0.303. The molecule has 0 aliphatic carbocycles. The molecule has 0 bridgehead atoms. The normalized spacial score (nSPS) is 12.1. The van der Waals surface area contributed by atoms with Crippen LogP contribution in [0.4, 0.5) is 0 Å². The van der Waals surface area contributed by atoms with E-state index in [9.17, 15) is 14.4 Å². The number of thiol groups is 1. The number of fused-ring (bicyclic) bond motifs is 2. The molecule has 0 radical (unpaired) electrons. The van der Waals surface area contributed by atoms with Crippen LogP contribution in [0.25, 0.3) is 20.2 Å². The van der Waals surface area contributed by atoms with Crippen molar-refractivity contribution in [2.45, 2.75) is 26.4 Å². The van der Waals surface area contributed by atoms with Crippen LogP contribution in [0.3, 0.4) is 0 Å². The molecule has 0 spiro atoms. The monoisotopic (exact) mass is 452 g/mol. The molecular weight excluding hydrogens is 432 g/mol. The van der Waals surface area contributed by atoms with Gasteiger partial charge in [-0.15, -0.1) is 22.7 Å². The van der Waals surface area contributed by atoms with Crippen LogP contribution in [0.15, 0.2) is 24.3 Å². The summed E-state index contributed by atoms with van der Waals surface area (Å²) in [4.78, 5) is 36.5. The van der Waals surface area contributed by atoms with E-state index in [1.165, 1.54) is 22.7 Å². The van der Waals surface area contributed by atoms with E-state index in [0.29, 0.717) is 22.8 Å². The highest BCUT2D eigenvalue weighted by molar-refractivity contribution is 7.81. The van der Waals surface area contributed by atoms with Crippen molar-refractivity contribution in [3.8, 4) is 0 Å². The van der Waals surface area contributed by atoms with Gasteiger partial charge in [0.15, 0.2) is 0 Å². The molecule has 0 N–H and O–H groups in total. The first-order valence-corrected chi connectivity index (χ1v) is 11.3. The molecule has 0 amide bonds. The Hall–Kier alpha value is -2.10. The lowest BCUT2D eigenvalue weighted by atomic mass is 10.2. The molecule has 2 heterocycles. The lowest BCUT2D eigenvalue weighted by Crippen LogP contribution is -2.18. The maximum atomic E-state index is 12.4. The molecule has 29 heavy (non-hydrogen) atoms. The standard InChI is InChI=1S/C20H20O6S3/c1-3-24-19(22)16-8-12-6-15-13(7-14(12)28-16)9-17(29-15)20(23)26-11(2)4-5-25-18(21)10-27/h6-9,11,27H,3-5,10H2,1-2H3. The van der Waals surface area contributed by atoms with Gasteiger partial charge in [0.05, 0.1) is 19.0 Å². The highest BCUT2D eigenvalue weighted by Gasteiger charge is 2.17. The first-order chi connectivity index (χ1) is 13.9. The van der Waals surface area contributed by atoms with E-state index in [2.05, 4.69) is 12.6 Å². The van der Waals surface area contributed by atoms with E-state index in [1.54, 1.807) is 19.9 Å². The zero-order chi connectivity index (χ0) is 21.0. The fraction of sp³-hybridized carbons (Fsp3) is 0.350. The topological polar surface area (TPSA) is 78.9 Å². The fourth-order valence-corrected chi connectivity index (χ4v) is 4.71. The molecule has 9 heteroatoms. The fourth-order valence-electron chi connectivity index (χ4n) is 2.66. The number of rotatable bonds is 8. The molecule has 0 aliphatic rings. The molecule has 0 aliphatic heterocycles. The second-order valence-electron chi connectivity index (χ2n) is 6.25. The zero-order valence-corrected chi connectivity index (χ0v) is 18.5. The van der Waals surface area contributed by atoms with Crippen LogP contribution in [0.2, 0.25) is 0 Å². The second-order valence-corrected chi connectivity index (χ2v) is 8.74. The Balaban J connectivity index is 1.69. The average Bonchev–Trinajstić information content (AvgIpc) is 3.29. The van der Waals surface area contributed by atoms with Crippen molar-refractivity contribution in [2.24, 2.45) is 0 Å². The van der Waals surface area contributed by atoms with Gasteiger partial charge in [0.2, 0.25) is 0 Å². The van der Waals surface area contributed by atoms with Gasteiger partial charge in [0, 0.05) is 15.8 Å². The molecule has 2 aromatic heterocycles. The van der Waals surface area contributed by atoms with Crippen LogP contribution >= 0.6 is 35.3 Å². The highest BCUT2D eigenvalue weighted by atomic mass is 32.1. The number of esters is 3. The molecule has 3 aromatic rings. The molecule has 154 valence electrons. The van der Waals surface area contributed by atoms with Crippen molar-refractivity contribution in [1.82, 2.24) is 0 Å². The van der Waals surface area contributed by atoms with E-state index in [0.717, 1.165) is 20.2 Å². The molecule has 0 saturated carbocycles. The largest absolute Gasteiger partial charge is 0.465 e. The SMILES string of the molecule is CCOC(=O)c1cc2cc3sc(C(=O)OC(C)CCOC(=O)CS)cc3cc2s1. The Labute approximate surface area is 181 Å². The number of thiophene rings is 2. The Morgan fingerprint density at radius 1 is 0.966 bits per heavy atom. The van der Waals surface area contributed by atoms with Crippen LogP contribution in [0.1, 0.15) is 39.6 Å². The van der Waals surface area contributed by atoms with Gasteiger partial charge in [-0.2, -0.15) is 12.6 Å². The number of hydrogen-bond acceptors (Lipinski definition) is 9. The number of benzene rings is 1. The van der Waals surface area contributed by atoms with Gasteiger partial charge in [0.25, 0.3) is 0 Å². The van der Waals surface area contributed by atoms with Crippen LogP contribution in [0.5, 0.6) is 0 Å². The minimum atomic E-state index is -0.408. The molecule has 0 saturated heterocycles. The van der Waals surface area contributed by atoms with E-state index >= 15 is 0 Å². The molecule has 1 aromatic carbocycles. The molecule has 0 fully saturated rings. The van der Waals surface area contributed by atoms with Crippen molar-refractivity contribution in [2.75, 3.05) is 19.0 Å². The average molecular weight is 453 g/mol. The predicted molar refractivity (Wildman–Crippen MR) is 117 cm³/mol. The maximum absolute atomic E-state index is 12.4. The summed E-state index contributed by atoms with van der Waals surface area (Å²) in [5.74, 6) is -1.11. The summed E-state index contributed by atoms with van der Waals surface area (Å²) in [7, 11) is 0. The summed E-state index contributed by atoms with van der Waals surface area (Å²) in [6.07, 6.45) is 0.0405. The van der Waals surface area contributed by atoms with E-state index in [4.69, 9.17) is 14.2 Å². The van der Waals surface area contributed by atoms with Gasteiger partial charge in [-0.05, 0) is 48.9 Å². The number of hydrogen-bond donors (Lipinski definition) is 1. The predicted octanol–water partition coefficient (Wildman–Crippen LogP) is 4.70. The van der Waals surface area contributed by atoms with Gasteiger partial charge >= 0.3 is 17.9 Å². The molecule has 6 nitrogen and oxygen atoms in total. The highest BCUT2D eigenvalue weighted by Crippen LogP contribution is 2.34. The zero-order valence-electron chi connectivity index (χ0n) is 15.9. The lowest BCUT2D eigenvalue weighted by Gasteiger charge is -2.12. The Kier molecular flexibility index (Phi) is 7.15. The van der Waals surface area contributed by atoms with Gasteiger partial charge < -0.3 is 14.2 Å². The summed E-state index contributed by atoms with van der Waals surface area (Å²) < 4.78 is 17.3. The smallest absolute Gasteiger partial charge is 0.348 e. The van der Waals surface area contributed by atoms with Gasteiger partial charge in [0.1, 0.15) is 15.9 Å².